The normalized spacial score (nSPS) is 21.5. The van der Waals surface area contributed by atoms with Gasteiger partial charge in [0.15, 0.2) is 0 Å². The van der Waals surface area contributed by atoms with Crippen molar-refractivity contribution in [3.8, 4) is 5.75 Å². The van der Waals surface area contributed by atoms with E-state index in [1.165, 1.54) is 9.78 Å². The maximum atomic E-state index is 13.0. The number of ether oxygens (including phenoxy) is 1. The lowest BCUT2D eigenvalue weighted by atomic mass is 10.1. The molecule has 4 rings (SSSR count). The minimum atomic E-state index is -0.368. The second kappa shape index (κ2) is 8.21. The second-order valence-electron chi connectivity index (χ2n) is 7.00. The first kappa shape index (κ1) is 19.4. The fraction of sp³-hybridized carbons (Fsp3) is 0.400. The first-order chi connectivity index (χ1) is 13.5. The van der Waals surface area contributed by atoms with Gasteiger partial charge >= 0.3 is 0 Å². The van der Waals surface area contributed by atoms with Crippen LogP contribution in [0.15, 0.2) is 36.4 Å². The van der Waals surface area contributed by atoms with Crippen LogP contribution in [-0.4, -0.2) is 60.9 Å². The SMILES string of the molecule is COc1ccc(N2C(=O)C[C@H](N3CCN(Cc4ccc(Cl)s4)CC3)C2=O)cc1. The second-order valence-corrected chi connectivity index (χ2v) is 8.80. The van der Waals surface area contributed by atoms with Crippen LogP contribution in [0.3, 0.4) is 0 Å². The largest absolute Gasteiger partial charge is 0.497 e. The zero-order valence-electron chi connectivity index (χ0n) is 15.6. The van der Waals surface area contributed by atoms with Crippen LogP contribution in [0.25, 0.3) is 0 Å². The lowest BCUT2D eigenvalue weighted by Crippen LogP contribution is -2.52. The molecule has 8 heteroatoms. The Labute approximate surface area is 173 Å². The summed E-state index contributed by atoms with van der Waals surface area (Å²) in [4.78, 5) is 32.5. The quantitative estimate of drug-likeness (QED) is 0.697. The number of amides is 2. The summed E-state index contributed by atoms with van der Waals surface area (Å²) in [7, 11) is 1.59. The molecule has 6 nitrogen and oxygen atoms in total. The first-order valence-corrected chi connectivity index (χ1v) is 10.5. The topological polar surface area (TPSA) is 53.1 Å². The van der Waals surface area contributed by atoms with Gasteiger partial charge in [0.1, 0.15) is 5.75 Å². The molecule has 2 aliphatic rings. The number of thiophene rings is 1. The Bertz CT molecular complexity index is 862. The van der Waals surface area contributed by atoms with Crippen LogP contribution in [0.2, 0.25) is 4.34 Å². The van der Waals surface area contributed by atoms with Crippen molar-refractivity contribution in [2.24, 2.45) is 0 Å². The third-order valence-electron chi connectivity index (χ3n) is 5.31. The van der Waals surface area contributed by atoms with Crippen LogP contribution in [0, 0.1) is 0 Å². The number of imide groups is 1. The summed E-state index contributed by atoms with van der Waals surface area (Å²) in [6.45, 7) is 4.17. The van der Waals surface area contributed by atoms with Crippen LogP contribution in [0.5, 0.6) is 5.75 Å². The third kappa shape index (κ3) is 3.93. The Morgan fingerprint density at radius 3 is 2.39 bits per heavy atom. The average molecular weight is 420 g/mol. The van der Waals surface area contributed by atoms with E-state index in [2.05, 4.69) is 15.9 Å². The van der Waals surface area contributed by atoms with E-state index in [0.717, 1.165) is 37.1 Å². The summed E-state index contributed by atoms with van der Waals surface area (Å²) in [6, 6.07) is 10.6. The van der Waals surface area contributed by atoms with Crippen molar-refractivity contribution in [3.63, 3.8) is 0 Å². The van der Waals surface area contributed by atoms with E-state index in [1.54, 1.807) is 42.7 Å². The van der Waals surface area contributed by atoms with Gasteiger partial charge in [-0.3, -0.25) is 19.4 Å². The van der Waals surface area contributed by atoms with Gasteiger partial charge in [-0.05, 0) is 36.4 Å². The molecule has 2 aromatic rings. The lowest BCUT2D eigenvalue weighted by molar-refractivity contribution is -0.123. The van der Waals surface area contributed by atoms with E-state index < -0.39 is 0 Å². The Morgan fingerprint density at radius 2 is 1.79 bits per heavy atom. The predicted molar refractivity (Wildman–Crippen MR) is 110 cm³/mol. The van der Waals surface area contributed by atoms with E-state index in [4.69, 9.17) is 16.3 Å². The van der Waals surface area contributed by atoms with Crippen molar-refractivity contribution in [1.82, 2.24) is 9.80 Å². The number of anilines is 1. The fourth-order valence-corrected chi connectivity index (χ4v) is 4.92. The van der Waals surface area contributed by atoms with Crippen molar-refractivity contribution < 1.29 is 14.3 Å². The lowest BCUT2D eigenvalue weighted by Gasteiger charge is -2.36. The fourth-order valence-electron chi connectivity index (χ4n) is 3.79. The predicted octanol–water partition coefficient (Wildman–Crippen LogP) is 2.86. The Morgan fingerprint density at radius 1 is 1.07 bits per heavy atom. The number of rotatable bonds is 5. The number of methoxy groups -OCH3 is 1. The smallest absolute Gasteiger partial charge is 0.251 e. The van der Waals surface area contributed by atoms with Gasteiger partial charge in [-0.25, -0.2) is 4.90 Å². The molecular formula is C20H22ClN3O3S. The number of carbonyl (C=O) groups excluding carboxylic acids is 2. The molecule has 1 aromatic carbocycles. The molecule has 2 aliphatic heterocycles. The van der Waals surface area contributed by atoms with E-state index in [9.17, 15) is 9.59 Å². The molecular weight excluding hydrogens is 398 g/mol. The maximum absolute atomic E-state index is 13.0. The molecule has 0 N–H and O–H groups in total. The molecule has 0 saturated carbocycles. The highest BCUT2D eigenvalue weighted by atomic mass is 35.5. The number of nitrogens with zero attached hydrogens (tertiary/aromatic N) is 3. The first-order valence-electron chi connectivity index (χ1n) is 9.26. The summed E-state index contributed by atoms with van der Waals surface area (Å²) < 4.78 is 5.96. The summed E-state index contributed by atoms with van der Waals surface area (Å²) in [5.74, 6) is 0.423. The van der Waals surface area contributed by atoms with E-state index in [1.807, 2.05) is 6.07 Å². The molecule has 28 heavy (non-hydrogen) atoms. The van der Waals surface area contributed by atoms with Gasteiger partial charge in [-0.15, -0.1) is 11.3 Å². The van der Waals surface area contributed by atoms with Crippen LogP contribution >= 0.6 is 22.9 Å². The highest BCUT2D eigenvalue weighted by molar-refractivity contribution is 7.16. The van der Waals surface area contributed by atoms with Gasteiger partial charge in [0.25, 0.3) is 5.91 Å². The Kier molecular flexibility index (Phi) is 5.68. The van der Waals surface area contributed by atoms with Crippen molar-refractivity contribution >= 4 is 40.4 Å². The molecule has 2 saturated heterocycles. The van der Waals surface area contributed by atoms with Crippen molar-refractivity contribution in [1.29, 1.82) is 0 Å². The number of benzene rings is 1. The number of piperazine rings is 1. The number of hydrogen-bond acceptors (Lipinski definition) is 6. The minimum Gasteiger partial charge on any atom is -0.497 e. The van der Waals surface area contributed by atoms with Crippen LogP contribution in [0.4, 0.5) is 5.69 Å². The molecule has 0 unspecified atom stereocenters. The molecule has 0 radical (unpaired) electrons. The molecule has 1 atom stereocenters. The zero-order valence-corrected chi connectivity index (χ0v) is 17.2. The number of carbonyl (C=O) groups is 2. The van der Waals surface area contributed by atoms with Gasteiger partial charge in [0.2, 0.25) is 5.91 Å². The summed E-state index contributed by atoms with van der Waals surface area (Å²) in [6.07, 6.45) is 0.241. The van der Waals surface area contributed by atoms with Crippen LogP contribution in [-0.2, 0) is 16.1 Å². The highest BCUT2D eigenvalue weighted by Crippen LogP contribution is 2.28. The summed E-state index contributed by atoms with van der Waals surface area (Å²) >= 11 is 7.61. The molecule has 0 aliphatic carbocycles. The Balaban J connectivity index is 1.37. The molecule has 0 spiro atoms. The van der Waals surface area contributed by atoms with Gasteiger partial charge in [0, 0.05) is 37.6 Å². The molecule has 148 valence electrons. The summed E-state index contributed by atoms with van der Waals surface area (Å²) in [5.41, 5.74) is 0.603. The monoisotopic (exact) mass is 419 g/mol. The van der Waals surface area contributed by atoms with E-state index in [-0.39, 0.29) is 24.3 Å². The highest BCUT2D eigenvalue weighted by Gasteiger charge is 2.43. The standard InChI is InChI=1S/C20H22ClN3O3S/c1-27-15-4-2-14(3-5-15)24-19(25)12-17(20(24)26)23-10-8-22(9-11-23)13-16-6-7-18(21)28-16/h2-7,17H,8-13H2,1H3/t17-/m0/s1. The molecule has 2 amide bonds. The van der Waals surface area contributed by atoms with Gasteiger partial charge in [0.05, 0.1) is 29.6 Å². The average Bonchev–Trinajstić information content (AvgIpc) is 3.25. The maximum Gasteiger partial charge on any atom is 0.251 e. The summed E-state index contributed by atoms with van der Waals surface area (Å²) in [5, 5.41) is 0. The van der Waals surface area contributed by atoms with Crippen molar-refractivity contribution in [2.75, 3.05) is 38.2 Å². The van der Waals surface area contributed by atoms with E-state index in [0.29, 0.717) is 11.4 Å². The van der Waals surface area contributed by atoms with Gasteiger partial charge < -0.3 is 4.74 Å². The van der Waals surface area contributed by atoms with Crippen LogP contribution in [0.1, 0.15) is 11.3 Å². The molecule has 3 heterocycles. The molecule has 1 aromatic heterocycles. The van der Waals surface area contributed by atoms with E-state index >= 15 is 0 Å². The third-order valence-corrected chi connectivity index (χ3v) is 6.53. The van der Waals surface area contributed by atoms with Crippen molar-refractivity contribution in [2.45, 2.75) is 19.0 Å². The number of halogens is 1. The van der Waals surface area contributed by atoms with Crippen molar-refractivity contribution in [3.05, 3.63) is 45.6 Å². The van der Waals surface area contributed by atoms with Gasteiger partial charge in [-0.1, -0.05) is 11.6 Å². The van der Waals surface area contributed by atoms with Gasteiger partial charge in [-0.2, -0.15) is 0 Å². The zero-order chi connectivity index (χ0) is 19.7. The minimum absolute atomic E-state index is 0.131. The number of hydrogen-bond donors (Lipinski definition) is 0. The van der Waals surface area contributed by atoms with Crippen LogP contribution < -0.4 is 9.64 Å². The Hall–Kier alpha value is -1.93. The molecule has 0 bridgehead atoms. The molecule has 2 fully saturated rings.